The van der Waals surface area contributed by atoms with Gasteiger partial charge in [-0.3, -0.25) is 9.69 Å². The van der Waals surface area contributed by atoms with Crippen LogP contribution in [0.25, 0.3) is 0 Å². The van der Waals surface area contributed by atoms with E-state index in [0.29, 0.717) is 18.2 Å². The lowest BCUT2D eigenvalue weighted by atomic mass is 9.89. The van der Waals surface area contributed by atoms with Gasteiger partial charge >= 0.3 is 0 Å². The quantitative estimate of drug-likeness (QED) is 0.883. The van der Waals surface area contributed by atoms with Crippen molar-refractivity contribution in [2.45, 2.75) is 6.42 Å². The summed E-state index contributed by atoms with van der Waals surface area (Å²) in [6.07, 6.45) is 1.19. The molecule has 0 spiro atoms. The van der Waals surface area contributed by atoms with E-state index in [-0.39, 0.29) is 18.3 Å². The fraction of sp³-hybridized carbons (Fsp3) is 0.562. The van der Waals surface area contributed by atoms with Gasteiger partial charge in [0, 0.05) is 6.54 Å². The van der Waals surface area contributed by atoms with Crippen molar-refractivity contribution in [2.24, 2.45) is 11.8 Å². The largest absolute Gasteiger partial charge is 0.495 e. The van der Waals surface area contributed by atoms with Crippen LogP contribution in [0.4, 0.5) is 5.69 Å². The summed E-state index contributed by atoms with van der Waals surface area (Å²) in [5, 5.41) is 6.40. The number of fused-ring (bicyclic) bond motifs is 1. The summed E-state index contributed by atoms with van der Waals surface area (Å²) in [4.78, 5) is 14.5. The number of likely N-dealkylation sites (tertiary alicyclic amines) is 1. The van der Waals surface area contributed by atoms with Gasteiger partial charge in [0.15, 0.2) is 0 Å². The van der Waals surface area contributed by atoms with Crippen LogP contribution in [0, 0.1) is 11.8 Å². The molecule has 6 heteroatoms. The van der Waals surface area contributed by atoms with Crippen molar-refractivity contribution in [1.29, 1.82) is 0 Å². The van der Waals surface area contributed by atoms with Crippen LogP contribution >= 0.6 is 12.4 Å². The number of nitrogens with zero attached hydrogens (tertiary/aromatic N) is 1. The smallest absolute Gasteiger partial charge is 0.238 e. The highest BCUT2D eigenvalue weighted by Crippen LogP contribution is 2.27. The number of carbonyl (C=O) groups excluding carboxylic acids is 1. The number of amides is 1. The van der Waals surface area contributed by atoms with Gasteiger partial charge in [0.25, 0.3) is 0 Å². The molecule has 2 aliphatic heterocycles. The number of methoxy groups -OCH3 is 1. The number of carbonyl (C=O) groups is 1. The molecule has 2 atom stereocenters. The van der Waals surface area contributed by atoms with Gasteiger partial charge in [0.05, 0.1) is 19.3 Å². The molecule has 2 heterocycles. The minimum Gasteiger partial charge on any atom is -0.495 e. The monoisotopic (exact) mass is 325 g/mol. The molecule has 0 radical (unpaired) electrons. The Morgan fingerprint density at radius 1 is 1.36 bits per heavy atom. The maximum Gasteiger partial charge on any atom is 0.238 e. The van der Waals surface area contributed by atoms with Gasteiger partial charge in [-0.2, -0.15) is 0 Å². The van der Waals surface area contributed by atoms with E-state index in [4.69, 9.17) is 4.74 Å². The molecule has 2 saturated heterocycles. The number of hydrogen-bond donors (Lipinski definition) is 2. The molecule has 2 aliphatic rings. The van der Waals surface area contributed by atoms with E-state index in [1.165, 1.54) is 6.42 Å². The highest BCUT2D eigenvalue weighted by atomic mass is 35.5. The SMILES string of the molecule is COc1ccccc1NC(=O)CN1CCC2CNCC2C1.Cl. The Kier molecular flexibility index (Phi) is 6.06. The van der Waals surface area contributed by atoms with E-state index < -0.39 is 0 Å². The second-order valence-corrected chi connectivity index (χ2v) is 5.95. The van der Waals surface area contributed by atoms with Crippen LogP contribution < -0.4 is 15.4 Å². The standard InChI is InChI=1S/C16H23N3O2.ClH/c1-21-15-5-3-2-4-14(15)18-16(20)11-19-7-6-12-8-17-9-13(12)10-19;/h2-5,12-13,17H,6-11H2,1H3,(H,18,20);1H. The Balaban J connectivity index is 0.00000176. The van der Waals surface area contributed by atoms with Gasteiger partial charge < -0.3 is 15.4 Å². The normalized spacial score (nSPS) is 24.2. The number of anilines is 1. The fourth-order valence-electron chi connectivity index (χ4n) is 3.39. The lowest BCUT2D eigenvalue weighted by Crippen LogP contribution is -2.43. The van der Waals surface area contributed by atoms with Crippen molar-refractivity contribution in [3.63, 3.8) is 0 Å². The number of halogens is 1. The highest BCUT2D eigenvalue weighted by Gasteiger charge is 2.33. The van der Waals surface area contributed by atoms with E-state index in [9.17, 15) is 4.79 Å². The third-order valence-electron chi connectivity index (χ3n) is 4.54. The third-order valence-corrected chi connectivity index (χ3v) is 4.54. The van der Waals surface area contributed by atoms with Crippen molar-refractivity contribution < 1.29 is 9.53 Å². The van der Waals surface area contributed by atoms with Crippen molar-refractivity contribution >= 4 is 24.0 Å². The number of para-hydroxylation sites is 2. The Bertz CT molecular complexity index is 512. The van der Waals surface area contributed by atoms with Gasteiger partial charge in [0.2, 0.25) is 5.91 Å². The average molecular weight is 326 g/mol. The number of rotatable bonds is 4. The first-order chi connectivity index (χ1) is 10.3. The molecule has 1 aromatic carbocycles. The minimum absolute atomic E-state index is 0. The summed E-state index contributed by atoms with van der Waals surface area (Å²) >= 11 is 0. The number of ether oxygens (including phenoxy) is 1. The van der Waals surface area contributed by atoms with Crippen molar-refractivity contribution in [1.82, 2.24) is 10.2 Å². The van der Waals surface area contributed by atoms with Gasteiger partial charge in [-0.1, -0.05) is 12.1 Å². The second kappa shape index (κ2) is 7.81. The van der Waals surface area contributed by atoms with Crippen molar-refractivity contribution in [3.8, 4) is 5.75 Å². The van der Waals surface area contributed by atoms with Gasteiger partial charge in [-0.25, -0.2) is 0 Å². The molecule has 0 aliphatic carbocycles. The molecule has 1 amide bonds. The maximum atomic E-state index is 12.2. The Morgan fingerprint density at radius 3 is 2.95 bits per heavy atom. The van der Waals surface area contributed by atoms with Gasteiger partial charge in [0.1, 0.15) is 5.75 Å². The first kappa shape index (κ1) is 17.1. The zero-order chi connectivity index (χ0) is 14.7. The van der Waals surface area contributed by atoms with Gasteiger partial charge in [-0.05, 0) is 50.0 Å². The molecule has 2 N–H and O–H groups in total. The highest BCUT2D eigenvalue weighted by molar-refractivity contribution is 5.93. The lowest BCUT2D eigenvalue weighted by Gasteiger charge is -2.33. The predicted octanol–water partition coefficient (Wildman–Crippen LogP) is 1.60. The Morgan fingerprint density at radius 2 is 2.14 bits per heavy atom. The summed E-state index contributed by atoms with van der Waals surface area (Å²) in [6.45, 7) is 4.74. The molecule has 0 saturated carbocycles. The average Bonchev–Trinajstić information content (AvgIpc) is 2.95. The van der Waals surface area contributed by atoms with Crippen LogP contribution in [0.5, 0.6) is 5.75 Å². The first-order valence-electron chi connectivity index (χ1n) is 7.62. The molecule has 0 aromatic heterocycles. The number of hydrogen-bond acceptors (Lipinski definition) is 4. The molecule has 122 valence electrons. The fourth-order valence-corrected chi connectivity index (χ4v) is 3.39. The lowest BCUT2D eigenvalue weighted by molar-refractivity contribution is -0.117. The summed E-state index contributed by atoms with van der Waals surface area (Å²) < 4.78 is 5.26. The number of nitrogens with one attached hydrogen (secondary N) is 2. The second-order valence-electron chi connectivity index (χ2n) is 5.95. The maximum absolute atomic E-state index is 12.2. The van der Waals surface area contributed by atoms with Crippen LogP contribution in [0.3, 0.4) is 0 Å². The first-order valence-corrected chi connectivity index (χ1v) is 7.62. The van der Waals surface area contributed by atoms with Crippen molar-refractivity contribution in [2.75, 3.05) is 45.2 Å². The van der Waals surface area contributed by atoms with Crippen molar-refractivity contribution in [3.05, 3.63) is 24.3 Å². The molecule has 2 unspecified atom stereocenters. The molecule has 0 bridgehead atoms. The van der Waals surface area contributed by atoms with E-state index in [1.807, 2.05) is 24.3 Å². The molecule has 2 fully saturated rings. The summed E-state index contributed by atoms with van der Waals surface area (Å²) in [7, 11) is 1.61. The van der Waals surface area contributed by atoms with E-state index in [0.717, 1.165) is 37.8 Å². The molecule has 1 aromatic rings. The van der Waals surface area contributed by atoms with Crippen LogP contribution in [0.2, 0.25) is 0 Å². The number of benzene rings is 1. The van der Waals surface area contributed by atoms with Gasteiger partial charge in [-0.15, -0.1) is 12.4 Å². The summed E-state index contributed by atoms with van der Waals surface area (Å²) in [5.74, 6) is 2.24. The number of piperidine rings is 1. The molecule has 3 rings (SSSR count). The van der Waals surface area contributed by atoms with E-state index in [1.54, 1.807) is 7.11 Å². The summed E-state index contributed by atoms with van der Waals surface area (Å²) in [5.41, 5.74) is 0.738. The Hall–Kier alpha value is -1.30. The van der Waals surface area contributed by atoms with E-state index >= 15 is 0 Å². The van der Waals surface area contributed by atoms with Crippen LogP contribution in [0.15, 0.2) is 24.3 Å². The summed E-state index contributed by atoms with van der Waals surface area (Å²) in [6, 6.07) is 7.51. The zero-order valence-corrected chi connectivity index (χ0v) is 13.7. The molecular weight excluding hydrogens is 302 g/mol. The predicted molar refractivity (Wildman–Crippen MR) is 89.8 cm³/mol. The molecular formula is C16H24ClN3O2. The minimum atomic E-state index is 0. The van der Waals surface area contributed by atoms with Crippen LogP contribution in [-0.2, 0) is 4.79 Å². The van der Waals surface area contributed by atoms with Crippen LogP contribution in [0.1, 0.15) is 6.42 Å². The third kappa shape index (κ3) is 3.91. The molecule has 22 heavy (non-hydrogen) atoms. The van der Waals surface area contributed by atoms with Crippen LogP contribution in [-0.4, -0.2) is 50.6 Å². The topological polar surface area (TPSA) is 53.6 Å². The zero-order valence-electron chi connectivity index (χ0n) is 12.9. The van der Waals surface area contributed by atoms with E-state index in [2.05, 4.69) is 15.5 Å². The molecule has 5 nitrogen and oxygen atoms in total. The Labute approximate surface area is 137 Å².